The van der Waals surface area contributed by atoms with Crippen molar-refractivity contribution in [2.24, 2.45) is 0 Å². The van der Waals surface area contributed by atoms with E-state index in [0.717, 1.165) is 22.5 Å². The molecule has 33 heavy (non-hydrogen) atoms. The maximum atomic E-state index is 13.1. The number of rotatable bonds is 6. The van der Waals surface area contributed by atoms with Crippen LogP contribution < -0.4 is 5.32 Å². The minimum atomic E-state index is -0.338. The lowest BCUT2D eigenvalue weighted by Crippen LogP contribution is -2.15. The molecule has 5 rings (SSSR count). The minimum absolute atomic E-state index is 0.236. The molecule has 3 aromatic heterocycles. The van der Waals surface area contributed by atoms with E-state index in [1.807, 2.05) is 35.9 Å². The van der Waals surface area contributed by atoms with Gasteiger partial charge in [-0.15, -0.1) is 0 Å². The van der Waals surface area contributed by atoms with E-state index < -0.39 is 0 Å². The second-order valence-electron chi connectivity index (χ2n) is 8.70. The van der Waals surface area contributed by atoms with Gasteiger partial charge in [-0.2, -0.15) is 0 Å². The Balaban J connectivity index is 1.43. The quantitative estimate of drug-likeness (QED) is 0.373. The lowest BCUT2D eigenvalue weighted by Gasteiger charge is -2.13. The van der Waals surface area contributed by atoms with E-state index in [2.05, 4.69) is 34.3 Å². The largest absolute Gasteiger partial charge is 0.354 e. The molecule has 0 aliphatic heterocycles. The summed E-state index contributed by atoms with van der Waals surface area (Å²) in [4.78, 5) is 22.2. The molecule has 3 heterocycles. The van der Waals surface area contributed by atoms with Gasteiger partial charge in [0.05, 0.1) is 34.5 Å². The molecule has 1 N–H and O–H groups in total. The SMILES string of the molecule is Cc1ccc(C(=O)Nc2cccc(-c3oncc3C(C)C)n2)c(Cl)c1-n1cnc(C2CC2)c1. The van der Waals surface area contributed by atoms with Crippen LogP contribution in [0.4, 0.5) is 5.82 Å². The zero-order chi connectivity index (χ0) is 23.1. The standard InChI is InChI=1S/C25H24ClN5O2/c1-14(2)18-11-28-33-24(18)19-5-4-6-21(29-19)30-25(32)17-10-7-15(3)23(22(17)26)31-12-20(27-13-31)16-8-9-16/h4-7,10-14,16H,8-9H2,1-3H3,(H,29,30,32). The summed E-state index contributed by atoms with van der Waals surface area (Å²) in [5, 5.41) is 7.14. The predicted molar refractivity (Wildman–Crippen MR) is 127 cm³/mol. The Bertz CT molecular complexity index is 1340. The van der Waals surface area contributed by atoms with Crippen molar-refractivity contribution in [1.29, 1.82) is 0 Å². The second kappa shape index (κ2) is 8.48. The fourth-order valence-corrected chi connectivity index (χ4v) is 4.27. The number of carbonyl (C=O) groups excluding carboxylic acids is 1. The molecule has 1 amide bonds. The molecule has 0 spiro atoms. The Labute approximate surface area is 196 Å². The van der Waals surface area contributed by atoms with Gasteiger partial charge in [-0.3, -0.25) is 4.79 Å². The smallest absolute Gasteiger partial charge is 0.258 e. The predicted octanol–water partition coefficient (Wildman–Crippen LogP) is 6.14. The van der Waals surface area contributed by atoms with Crippen LogP contribution in [0.25, 0.3) is 17.1 Å². The first-order valence-corrected chi connectivity index (χ1v) is 11.4. The maximum absolute atomic E-state index is 13.1. The van der Waals surface area contributed by atoms with E-state index in [-0.39, 0.29) is 11.8 Å². The van der Waals surface area contributed by atoms with Crippen LogP contribution in [0.3, 0.4) is 0 Å². The Morgan fingerprint density at radius 1 is 1.24 bits per heavy atom. The third kappa shape index (κ3) is 4.16. The van der Waals surface area contributed by atoms with Gasteiger partial charge in [-0.05, 0) is 49.4 Å². The van der Waals surface area contributed by atoms with Crippen LogP contribution in [-0.2, 0) is 0 Å². The number of nitrogens with one attached hydrogen (secondary N) is 1. The van der Waals surface area contributed by atoms with Crippen molar-refractivity contribution in [1.82, 2.24) is 19.7 Å². The molecule has 168 valence electrons. The summed E-state index contributed by atoms with van der Waals surface area (Å²) in [6.45, 7) is 6.09. The van der Waals surface area contributed by atoms with Crippen LogP contribution in [0, 0.1) is 6.92 Å². The summed E-state index contributed by atoms with van der Waals surface area (Å²) in [6, 6.07) is 8.99. The number of nitrogens with zero attached hydrogens (tertiary/aromatic N) is 4. The van der Waals surface area contributed by atoms with E-state index in [1.165, 1.54) is 12.8 Å². The first kappa shape index (κ1) is 21.4. The lowest BCUT2D eigenvalue weighted by molar-refractivity contribution is 0.102. The average molecular weight is 462 g/mol. The number of carbonyl (C=O) groups is 1. The maximum Gasteiger partial charge on any atom is 0.258 e. The number of hydrogen-bond donors (Lipinski definition) is 1. The number of anilines is 1. The third-order valence-electron chi connectivity index (χ3n) is 5.86. The van der Waals surface area contributed by atoms with Crippen molar-refractivity contribution in [3.63, 3.8) is 0 Å². The summed E-state index contributed by atoms with van der Waals surface area (Å²) < 4.78 is 7.32. The molecule has 1 saturated carbocycles. The first-order chi connectivity index (χ1) is 15.9. The molecule has 0 radical (unpaired) electrons. The normalized spacial score (nSPS) is 13.5. The topological polar surface area (TPSA) is 85.8 Å². The molecule has 7 nitrogen and oxygen atoms in total. The average Bonchev–Trinajstić information content (AvgIpc) is 3.31. The summed E-state index contributed by atoms with van der Waals surface area (Å²) in [6.07, 6.45) is 7.81. The van der Waals surface area contributed by atoms with Crippen LogP contribution in [0.1, 0.15) is 65.7 Å². The van der Waals surface area contributed by atoms with Crippen LogP contribution >= 0.6 is 11.6 Å². The van der Waals surface area contributed by atoms with Gasteiger partial charge < -0.3 is 14.4 Å². The van der Waals surface area contributed by atoms with Crippen LogP contribution in [0.15, 0.2) is 53.6 Å². The number of aryl methyl sites for hydroxylation is 1. The van der Waals surface area contributed by atoms with Crippen LogP contribution in [0.2, 0.25) is 5.02 Å². The van der Waals surface area contributed by atoms with Gasteiger partial charge in [-0.25, -0.2) is 9.97 Å². The molecule has 8 heteroatoms. The second-order valence-corrected chi connectivity index (χ2v) is 9.08. The summed E-state index contributed by atoms with van der Waals surface area (Å²) in [5.41, 5.74) is 4.72. The Morgan fingerprint density at radius 3 is 2.82 bits per heavy atom. The number of hydrogen-bond acceptors (Lipinski definition) is 5. The van der Waals surface area contributed by atoms with Crippen molar-refractivity contribution in [2.45, 2.75) is 45.4 Å². The molecular weight excluding hydrogens is 438 g/mol. The van der Waals surface area contributed by atoms with Gasteiger partial charge >= 0.3 is 0 Å². The van der Waals surface area contributed by atoms with Crippen molar-refractivity contribution in [2.75, 3.05) is 5.32 Å². The Hall–Kier alpha value is -3.45. The molecule has 1 aliphatic carbocycles. The van der Waals surface area contributed by atoms with Gasteiger partial charge in [0.2, 0.25) is 0 Å². The van der Waals surface area contributed by atoms with Crippen molar-refractivity contribution < 1.29 is 9.32 Å². The molecule has 1 aromatic carbocycles. The highest BCUT2D eigenvalue weighted by atomic mass is 35.5. The zero-order valence-electron chi connectivity index (χ0n) is 18.7. The molecule has 1 aliphatic rings. The summed E-state index contributed by atoms with van der Waals surface area (Å²) in [7, 11) is 0. The Morgan fingerprint density at radius 2 is 2.06 bits per heavy atom. The molecular formula is C25H24ClN5O2. The molecule has 0 unspecified atom stereocenters. The number of amides is 1. The van der Waals surface area contributed by atoms with Crippen molar-refractivity contribution >= 4 is 23.3 Å². The van der Waals surface area contributed by atoms with Crippen molar-refractivity contribution in [3.05, 3.63) is 76.5 Å². The highest BCUT2D eigenvalue weighted by Crippen LogP contribution is 2.39. The molecule has 1 fully saturated rings. The first-order valence-electron chi connectivity index (χ1n) is 11.0. The van der Waals surface area contributed by atoms with Gasteiger partial charge in [0.1, 0.15) is 11.5 Å². The van der Waals surface area contributed by atoms with E-state index in [4.69, 9.17) is 16.1 Å². The molecule has 4 aromatic rings. The molecule has 0 saturated heterocycles. The third-order valence-corrected chi connectivity index (χ3v) is 6.24. The highest BCUT2D eigenvalue weighted by molar-refractivity contribution is 6.36. The Kier molecular flexibility index (Phi) is 5.50. The van der Waals surface area contributed by atoms with Gasteiger partial charge in [-0.1, -0.05) is 42.7 Å². The lowest BCUT2D eigenvalue weighted by atomic mass is 10.0. The van der Waals surface area contributed by atoms with Gasteiger partial charge in [0.15, 0.2) is 5.76 Å². The van der Waals surface area contributed by atoms with Crippen molar-refractivity contribution in [3.8, 4) is 17.1 Å². The van der Waals surface area contributed by atoms with Crippen LogP contribution in [-0.4, -0.2) is 25.6 Å². The van der Waals surface area contributed by atoms with E-state index >= 15 is 0 Å². The fourth-order valence-electron chi connectivity index (χ4n) is 3.87. The van der Waals surface area contributed by atoms with E-state index in [1.54, 1.807) is 24.7 Å². The fraction of sp³-hybridized carbons (Fsp3) is 0.280. The van der Waals surface area contributed by atoms with Gasteiger partial charge in [0, 0.05) is 17.7 Å². The minimum Gasteiger partial charge on any atom is -0.354 e. The zero-order valence-corrected chi connectivity index (χ0v) is 19.4. The molecule has 0 atom stereocenters. The monoisotopic (exact) mass is 461 g/mol. The van der Waals surface area contributed by atoms with Gasteiger partial charge in [0.25, 0.3) is 5.91 Å². The van der Waals surface area contributed by atoms with E-state index in [9.17, 15) is 4.79 Å². The number of imidazole rings is 1. The number of benzene rings is 1. The molecule has 0 bridgehead atoms. The van der Waals surface area contributed by atoms with Crippen LogP contribution in [0.5, 0.6) is 0 Å². The number of halogens is 1. The number of pyridine rings is 1. The summed E-state index contributed by atoms with van der Waals surface area (Å²) >= 11 is 6.73. The number of aromatic nitrogens is 4. The highest BCUT2D eigenvalue weighted by Gasteiger charge is 2.26. The summed E-state index contributed by atoms with van der Waals surface area (Å²) in [5.74, 6) is 1.44. The van der Waals surface area contributed by atoms with E-state index in [0.29, 0.717) is 33.8 Å².